The van der Waals surface area contributed by atoms with Crippen molar-refractivity contribution >= 4 is 0 Å². The molecule has 0 bridgehead atoms. The molecule has 0 spiro atoms. The fourth-order valence-corrected chi connectivity index (χ4v) is 1.89. The molecule has 0 radical (unpaired) electrons. The van der Waals surface area contributed by atoms with Crippen LogP contribution in [0.25, 0.3) is 0 Å². The Morgan fingerprint density at radius 2 is 2.00 bits per heavy atom. The Kier molecular flexibility index (Phi) is 4.15. The molecule has 0 aliphatic carbocycles. The van der Waals surface area contributed by atoms with Crippen molar-refractivity contribution in [2.24, 2.45) is 0 Å². The van der Waals surface area contributed by atoms with E-state index in [2.05, 4.69) is 31.9 Å². The zero-order valence-corrected chi connectivity index (χ0v) is 9.42. The minimum absolute atomic E-state index is 0.677. The van der Waals surface area contributed by atoms with Gasteiger partial charge in [-0.2, -0.15) is 0 Å². The summed E-state index contributed by atoms with van der Waals surface area (Å²) in [5.74, 6) is 0. The van der Waals surface area contributed by atoms with Gasteiger partial charge in [0, 0.05) is 19.1 Å². The summed E-state index contributed by atoms with van der Waals surface area (Å²) in [6, 6.07) is 0.677. The van der Waals surface area contributed by atoms with Gasteiger partial charge in [0.25, 0.3) is 0 Å². The Hall–Kier alpha value is -0.820. The van der Waals surface area contributed by atoms with E-state index in [1.807, 2.05) is 12.2 Å². The molecule has 1 heterocycles. The normalized spacial score (nSPS) is 20.7. The van der Waals surface area contributed by atoms with E-state index in [9.17, 15) is 0 Å². The van der Waals surface area contributed by atoms with E-state index < -0.39 is 0 Å². The van der Waals surface area contributed by atoms with Crippen molar-refractivity contribution in [3.8, 4) is 0 Å². The van der Waals surface area contributed by atoms with Crippen LogP contribution in [0.4, 0.5) is 0 Å². The standard InChI is InChI=1S/C13H21N/c1-5-11(4)14-9-8-12(6-2)13(7-3)10-14/h6-7,11H,2-3,5,8-10H2,1,4H3. The van der Waals surface area contributed by atoms with E-state index >= 15 is 0 Å². The molecule has 0 amide bonds. The van der Waals surface area contributed by atoms with Gasteiger partial charge in [0.05, 0.1) is 0 Å². The van der Waals surface area contributed by atoms with E-state index in [1.165, 1.54) is 17.6 Å². The summed E-state index contributed by atoms with van der Waals surface area (Å²) in [6.45, 7) is 14.5. The van der Waals surface area contributed by atoms with Crippen LogP contribution in [-0.4, -0.2) is 24.0 Å². The third-order valence-corrected chi connectivity index (χ3v) is 3.16. The molecular weight excluding hydrogens is 170 g/mol. The molecular formula is C13H21N. The molecule has 0 fully saturated rings. The molecule has 1 nitrogen and oxygen atoms in total. The number of rotatable bonds is 4. The highest BCUT2D eigenvalue weighted by atomic mass is 15.1. The summed E-state index contributed by atoms with van der Waals surface area (Å²) in [4.78, 5) is 2.52. The molecule has 1 aliphatic heterocycles. The molecule has 1 rings (SSSR count). The second-order valence-corrected chi connectivity index (χ2v) is 3.94. The lowest BCUT2D eigenvalue weighted by Crippen LogP contribution is -2.37. The van der Waals surface area contributed by atoms with Crippen molar-refractivity contribution in [3.05, 3.63) is 36.5 Å². The zero-order valence-electron chi connectivity index (χ0n) is 9.42. The summed E-state index contributed by atoms with van der Waals surface area (Å²) in [7, 11) is 0. The number of hydrogen-bond donors (Lipinski definition) is 0. The van der Waals surface area contributed by atoms with Gasteiger partial charge < -0.3 is 0 Å². The maximum Gasteiger partial charge on any atom is 0.0239 e. The first-order valence-corrected chi connectivity index (χ1v) is 5.43. The van der Waals surface area contributed by atoms with Crippen LogP contribution in [0.15, 0.2) is 36.5 Å². The van der Waals surface area contributed by atoms with Crippen molar-refractivity contribution < 1.29 is 0 Å². The van der Waals surface area contributed by atoms with Crippen molar-refractivity contribution in [3.63, 3.8) is 0 Å². The van der Waals surface area contributed by atoms with Gasteiger partial charge in [-0.1, -0.05) is 32.2 Å². The minimum Gasteiger partial charge on any atom is -0.296 e. The van der Waals surface area contributed by atoms with Gasteiger partial charge in [-0.05, 0) is 30.9 Å². The van der Waals surface area contributed by atoms with Gasteiger partial charge in [0.2, 0.25) is 0 Å². The van der Waals surface area contributed by atoms with Gasteiger partial charge in [-0.25, -0.2) is 0 Å². The maximum atomic E-state index is 3.87. The van der Waals surface area contributed by atoms with Crippen LogP contribution in [0.3, 0.4) is 0 Å². The highest BCUT2D eigenvalue weighted by molar-refractivity contribution is 5.34. The highest BCUT2D eigenvalue weighted by Gasteiger charge is 2.18. The Labute approximate surface area is 87.8 Å². The molecule has 0 saturated carbocycles. The first kappa shape index (κ1) is 11.3. The fraction of sp³-hybridized carbons (Fsp3) is 0.538. The molecule has 14 heavy (non-hydrogen) atoms. The van der Waals surface area contributed by atoms with Crippen LogP contribution in [0, 0.1) is 0 Å². The summed E-state index contributed by atoms with van der Waals surface area (Å²) in [5, 5.41) is 0. The molecule has 1 unspecified atom stereocenters. The number of nitrogens with zero attached hydrogens (tertiary/aromatic N) is 1. The Morgan fingerprint density at radius 3 is 2.50 bits per heavy atom. The topological polar surface area (TPSA) is 3.24 Å². The first-order chi connectivity index (χ1) is 6.72. The highest BCUT2D eigenvalue weighted by Crippen LogP contribution is 2.21. The largest absolute Gasteiger partial charge is 0.296 e. The lowest BCUT2D eigenvalue weighted by atomic mass is 9.98. The monoisotopic (exact) mass is 191 g/mol. The van der Waals surface area contributed by atoms with Crippen LogP contribution in [0.1, 0.15) is 26.7 Å². The number of allylic oxidation sites excluding steroid dienone is 1. The summed E-state index contributed by atoms with van der Waals surface area (Å²) in [5.41, 5.74) is 2.73. The Morgan fingerprint density at radius 1 is 1.36 bits per heavy atom. The van der Waals surface area contributed by atoms with Crippen LogP contribution in [0.5, 0.6) is 0 Å². The lowest BCUT2D eigenvalue weighted by molar-refractivity contribution is 0.216. The summed E-state index contributed by atoms with van der Waals surface area (Å²) in [6.07, 6.45) is 6.29. The van der Waals surface area contributed by atoms with Gasteiger partial charge in [0.15, 0.2) is 0 Å². The van der Waals surface area contributed by atoms with Crippen molar-refractivity contribution in [1.82, 2.24) is 4.90 Å². The van der Waals surface area contributed by atoms with Crippen molar-refractivity contribution in [2.75, 3.05) is 13.1 Å². The molecule has 78 valence electrons. The quantitative estimate of drug-likeness (QED) is 0.660. The third kappa shape index (κ3) is 2.36. The molecule has 1 atom stereocenters. The Bertz CT molecular complexity index is 250. The van der Waals surface area contributed by atoms with Crippen LogP contribution < -0.4 is 0 Å². The maximum absolute atomic E-state index is 3.87. The second kappa shape index (κ2) is 5.16. The molecule has 0 saturated heterocycles. The fourth-order valence-electron chi connectivity index (χ4n) is 1.89. The average molecular weight is 191 g/mol. The molecule has 0 N–H and O–H groups in total. The number of hydrogen-bond acceptors (Lipinski definition) is 1. The minimum atomic E-state index is 0.677. The van der Waals surface area contributed by atoms with Gasteiger partial charge in [-0.3, -0.25) is 4.90 Å². The first-order valence-electron chi connectivity index (χ1n) is 5.43. The predicted octanol–water partition coefficient (Wildman–Crippen LogP) is 3.16. The average Bonchev–Trinajstić information content (AvgIpc) is 2.26. The third-order valence-electron chi connectivity index (χ3n) is 3.16. The van der Waals surface area contributed by atoms with Crippen molar-refractivity contribution in [1.29, 1.82) is 0 Å². The van der Waals surface area contributed by atoms with E-state index in [1.54, 1.807) is 0 Å². The zero-order chi connectivity index (χ0) is 10.6. The smallest absolute Gasteiger partial charge is 0.0239 e. The van der Waals surface area contributed by atoms with Gasteiger partial charge >= 0.3 is 0 Å². The van der Waals surface area contributed by atoms with E-state index in [4.69, 9.17) is 0 Å². The molecule has 1 aliphatic rings. The molecule has 0 aromatic carbocycles. The van der Waals surface area contributed by atoms with Crippen molar-refractivity contribution in [2.45, 2.75) is 32.7 Å². The molecule has 0 aromatic heterocycles. The van der Waals surface area contributed by atoms with Crippen LogP contribution in [-0.2, 0) is 0 Å². The molecule has 0 aromatic rings. The summed E-state index contributed by atoms with van der Waals surface area (Å²) >= 11 is 0. The van der Waals surface area contributed by atoms with Crippen LogP contribution >= 0.6 is 0 Å². The predicted molar refractivity (Wildman–Crippen MR) is 63.4 cm³/mol. The summed E-state index contributed by atoms with van der Waals surface area (Å²) < 4.78 is 0. The van der Waals surface area contributed by atoms with Crippen LogP contribution in [0.2, 0.25) is 0 Å². The SMILES string of the molecule is C=CC1=C(C=C)CN(C(C)CC)CC1. The molecule has 1 heteroatoms. The Balaban J connectivity index is 2.73. The van der Waals surface area contributed by atoms with Gasteiger partial charge in [0.1, 0.15) is 0 Å². The van der Waals surface area contributed by atoms with E-state index in [-0.39, 0.29) is 0 Å². The van der Waals surface area contributed by atoms with Gasteiger partial charge in [-0.15, -0.1) is 0 Å². The van der Waals surface area contributed by atoms with E-state index in [0.717, 1.165) is 19.5 Å². The second-order valence-electron chi connectivity index (χ2n) is 3.94. The lowest BCUT2D eigenvalue weighted by Gasteiger charge is -2.33. The van der Waals surface area contributed by atoms with E-state index in [0.29, 0.717) is 6.04 Å².